The fourth-order valence-electron chi connectivity index (χ4n) is 5.71. The highest BCUT2D eigenvalue weighted by atomic mass is 16.2. The average molecular weight is 384 g/mol. The summed E-state index contributed by atoms with van der Waals surface area (Å²) in [4.78, 5) is 20.1. The van der Waals surface area contributed by atoms with Gasteiger partial charge in [-0.15, -0.1) is 0 Å². The van der Waals surface area contributed by atoms with Crippen molar-refractivity contribution in [1.29, 1.82) is 0 Å². The Balaban J connectivity index is 1.27. The maximum absolute atomic E-state index is 12.7. The first-order valence-corrected chi connectivity index (χ1v) is 11.5. The Morgan fingerprint density at radius 1 is 1.00 bits per heavy atom. The van der Waals surface area contributed by atoms with Crippen LogP contribution < -0.4 is 0 Å². The lowest BCUT2D eigenvalue weighted by Gasteiger charge is -2.43. The van der Waals surface area contributed by atoms with E-state index in [2.05, 4.69) is 41.0 Å². The molecule has 0 unspecified atom stereocenters. The summed E-state index contributed by atoms with van der Waals surface area (Å²) in [6, 6.07) is 10.4. The second-order valence-corrected chi connectivity index (χ2v) is 9.19. The summed E-state index contributed by atoms with van der Waals surface area (Å²) in [5.74, 6) is 0.584. The van der Waals surface area contributed by atoms with Gasteiger partial charge in [0.2, 0.25) is 5.91 Å². The number of carbonyl (C=O) groups excluding carboxylic acids is 1. The zero-order valence-electron chi connectivity index (χ0n) is 17.8. The van der Waals surface area contributed by atoms with Gasteiger partial charge in [0.1, 0.15) is 0 Å². The van der Waals surface area contributed by atoms with Crippen molar-refractivity contribution in [2.24, 2.45) is 5.92 Å². The van der Waals surface area contributed by atoms with E-state index in [9.17, 15) is 4.79 Å². The molecule has 0 radical (unpaired) electrons. The van der Waals surface area contributed by atoms with Gasteiger partial charge in [0.15, 0.2) is 0 Å². The summed E-state index contributed by atoms with van der Waals surface area (Å²) in [5.41, 5.74) is 3.12. The van der Waals surface area contributed by atoms with Gasteiger partial charge in [-0.05, 0) is 75.7 Å². The zero-order chi connectivity index (χ0) is 19.5. The zero-order valence-corrected chi connectivity index (χ0v) is 17.8. The van der Waals surface area contributed by atoms with Crippen molar-refractivity contribution in [1.82, 2.24) is 14.7 Å². The molecule has 0 bridgehead atoms. The van der Waals surface area contributed by atoms with Crippen molar-refractivity contribution in [3.63, 3.8) is 0 Å². The summed E-state index contributed by atoms with van der Waals surface area (Å²) in [7, 11) is 1.98. The van der Waals surface area contributed by atoms with E-state index in [1.807, 2.05) is 11.9 Å². The quantitative estimate of drug-likeness (QED) is 0.781. The standard InChI is InChI=1S/C24H37N3O/c1-3-12-25(2)24(28)21-9-6-13-27(18-21)22-10-14-26(15-11-22)23-16-19-7-4-5-8-20(19)17-23/h4-5,7-8,21-23H,3,6,9-18H2,1-2H3/t21-/m0/s1. The topological polar surface area (TPSA) is 26.8 Å². The molecule has 4 heteroatoms. The number of hydrogen-bond acceptors (Lipinski definition) is 3. The van der Waals surface area contributed by atoms with E-state index in [1.54, 1.807) is 11.1 Å². The molecule has 3 aliphatic rings. The summed E-state index contributed by atoms with van der Waals surface area (Å²) >= 11 is 0. The number of hydrogen-bond donors (Lipinski definition) is 0. The molecular formula is C24H37N3O. The number of rotatable bonds is 5. The predicted molar refractivity (Wildman–Crippen MR) is 114 cm³/mol. The van der Waals surface area contributed by atoms with Crippen LogP contribution in [0.5, 0.6) is 0 Å². The van der Waals surface area contributed by atoms with Crippen LogP contribution in [0.3, 0.4) is 0 Å². The normalized spacial score (nSPS) is 25.0. The molecule has 0 N–H and O–H groups in total. The lowest BCUT2D eigenvalue weighted by Crippen LogP contribution is -2.52. The highest BCUT2D eigenvalue weighted by Crippen LogP contribution is 2.30. The Kier molecular flexibility index (Phi) is 6.37. The smallest absolute Gasteiger partial charge is 0.226 e. The molecule has 4 rings (SSSR count). The molecule has 0 spiro atoms. The number of likely N-dealkylation sites (tertiary alicyclic amines) is 2. The molecule has 2 aliphatic heterocycles. The maximum Gasteiger partial charge on any atom is 0.226 e. The minimum atomic E-state index is 0.215. The van der Waals surface area contributed by atoms with E-state index in [1.165, 1.54) is 51.7 Å². The van der Waals surface area contributed by atoms with E-state index in [0.29, 0.717) is 18.0 Å². The van der Waals surface area contributed by atoms with Crippen LogP contribution >= 0.6 is 0 Å². The van der Waals surface area contributed by atoms with Crippen LogP contribution in [0.4, 0.5) is 0 Å². The molecule has 1 atom stereocenters. The van der Waals surface area contributed by atoms with Crippen LogP contribution in [0, 0.1) is 5.92 Å². The van der Waals surface area contributed by atoms with Gasteiger partial charge in [-0.25, -0.2) is 0 Å². The van der Waals surface area contributed by atoms with Crippen molar-refractivity contribution >= 4 is 5.91 Å². The number of piperidine rings is 2. The van der Waals surface area contributed by atoms with Gasteiger partial charge >= 0.3 is 0 Å². The van der Waals surface area contributed by atoms with Gasteiger partial charge in [0, 0.05) is 32.2 Å². The molecule has 1 aliphatic carbocycles. The third-order valence-corrected chi connectivity index (χ3v) is 7.30. The van der Waals surface area contributed by atoms with Crippen LogP contribution in [-0.4, -0.2) is 72.5 Å². The first-order chi connectivity index (χ1) is 13.7. The number of benzene rings is 1. The van der Waals surface area contributed by atoms with Crippen LogP contribution in [0.2, 0.25) is 0 Å². The van der Waals surface area contributed by atoms with Crippen LogP contribution in [0.1, 0.15) is 50.2 Å². The summed E-state index contributed by atoms with van der Waals surface area (Å²) < 4.78 is 0. The second-order valence-electron chi connectivity index (χ2n) is 9.19. The highest BCUT2D eigenvalue weighted by molar-refractivity contribution is 5.78. The predicted octanol–water partition coefficient (Wildman–Crippen LogP) is 3.20. The molecule has 1 aromatic carbocycles. The molecule has 28 heavy (non-hydrogen) atoms. The molecule has 2 saturated heterocycles. The Bertz CT molecular complexity index is 643. The van der Waals surface area contributed by atoms with Crippen LogP contribution in [0.15, 0.2) is 24.3 Å². The van der Waals surface area contributed by atoms with Gasteiger partial charge in [-0.1, -0.05) is 31.2 Å². The minimum Gasteiger partial charge on any atom is -0.345 e. The van der Waals surface area contributed by atoms with Gasteiger partial charge in [0.25, 0.3) is 0 Å². The number of amides is 1. The molecule has 1 aromatic rings. The monoisotopic (exact) mass is 383 g/mol. The van der Waals surface area contributed by atoms with E-state index in [4.69, 9.17) is 0 Å². The van der Waals surface area contributed by atoms with Crippen molar-refractivity contribution in [2.45, 2.75) is 64.0 Å². The van der Waals surface area contributed by atoms with E-state index in [-0.39, 0.29) is 5.92 Å². The number of nitrogens with zero attached hydrogens (tertiary/aromatic N) is 3. The average Bonchev–Trinajstić information content (AvgIpc) is 3.18. The minimum absolute atomic E-state index is 0.215. The number of carbonyl (C=O) groups is 1. The molecule has 154 valence electrons. The van der Waals surface area contributed by atoms with Crippen molar-refractivity contribution in [2.75, 3.05) is 39.8 Å². The Hall–Kier alpha value is -1.39. The summed E-state index contributed by atoms with van der Waals surface area (Å²) in [5, 5.41) is 0. The molecule has 0 saturated carbocycles. The fourth-order valence-corrected chi connectivity index (χ4v) is 5.71. The molecule has 0 aromatic heterocycles. The first-order valence-electron chi connectivity index (χ1n) is 11.5. The Morgan fingerprint density at radius 3 is 2.32 bits per heavy atom. The van der Waals surface area contributed by atoms with E-state index >= 15 is 0 Å². The molecule has 4 nitrogen and oxygen atoms in total. The van der Waals surface area contributed by atoms with Crippen LogP contribution in [-0.2, 0) is 17.6 Å². The highest BCUT2D eigenvalue weighted by Gasteiger charge is 2.35. The van der Waals surface area contributed by atoms with Gasteiger partial charge in [-0.2, -0.15) is 0 Å². The largest absolute Gasteiger partial charge is 0.345 e. The lowest BCUT2D eigenvalue weighted by molar-refractivity contribution is -0.136. The van der Waals surface area contributed by atoms with Gasteiger partial charge in [0.05, 0.1) is 5.92 Å². The van der Waals surface area contributed by atoms with E-state index in [0.717, 1.165) is 25.9 Å². The maximum atomic E-state index is 12.7. The number of fused-ring (bicyclic) bond motifs is 1. The lowest BCUT2D eigenvalue weighted by atomic mass is 9.92. The molecule has 2 heterocycles. The van der Waals surface area contributed by atoms with Gasteiger partial charge < -0.3 is 4.90 Å². The van der Waals surface area contributed by atoms with Crippen molar-refractivity contribution in [3.05, 3.63) is 35.4 Å². The van der Waals surface area contributed by atoms with Crippen LogP contribution in [0.25, 0.3) is 0 Å². The first kappa shape index (κ1) is 19.9. The second kappa shape index (κ2) is 8.96. The molecule has 1 amide bonds. The molecular weight excluding hydrogens is 346 g/mol. The fraction of sp³-hybridized carbons (Fsp3) is 0.708. The van der Waals surface area contributed by atoms with Crippen molar-refractivity contribution in [3.8, 4) is 0 Å². The Morgan fingerprint density at radius 2 is 1.68 bits per heavy atom. The van der Waals surface area contributed by atoms with Gasteiger partial charge in [-0.3, -0.25) is 14.6 Å². The Labute approximate surface area is 170 Å². The molecule has 2 fully saturated rings. The SMILES string of the molecule is CCCN(C)C(=O)[C@H]1CCCN(C2CCN(C3Cc4ccccc4C3)CC2)C1. The van der Waals surface area contributed by atoms with E-state index < -0.39 is 0 Å². The third kappa shape index (κ3) is 4.28. The van der Waals surface area contributed by atoms with Crippen molar-refractivity contribution < 1.29 is 4.79 Å². The summed E-state index contributed by atoms with van der Waals surface area (Å²) in [6.07, 6.45) is 8.27. The third-order valence-electron chi connectivity index (χ3n) is 7.30. The summed E-state index contributed by atoms with van der Waals surface area (Å²) in [6.45, 7) is 7.63.